The number of hydrogen-bond acceptors (Lipinski definition) is 9. The molecule has 1 saturated heterocycles. The van der Waals surface area contributed by atoms with Gasteiger partial charge in [0.05, 0.1) is 46.5 Å². The van der Waals surface area contributed by atoms with Gasteiger partial charge in [-0.2, -0.15) is 0 Å². The summed E-state index contributed by atoms with van der Waals surface area (Å²) in [5, 5.41) is 4.24. The summed E-state index contributed by atoms with van der Waals surface area (Å²) in [4.78, 5) is 13.4. The van der Waals surface area contributed by atoms with Gasteiger partial charge in [-0.25, -0.2) is 15.0 Å². The summed E-state index contributed by atoms with van der Waals surface area (Å²) in [6.45, 7) is 4.42. The number of aromatic nitrogens is 3. The van der Waals surface area contributed by atoms with Crippen molar-refractivity contribution < 1.29 is 18.9 Å². The van der Waals surface area contributed by atoms with Crippen molar-refractivity contribution >= 4 is 44.0 Å². The monoisotopic (exact) mass is 452 g/mol. The maximum absolute atomic E-state index is 6.40. The number of anilines is 2. The highest BCUT2D eigenvalue weighted by molar-refractivity contribution is 7.16. The van der Waals surface area contributed by atoms with E-state index in [-0.39, 0.29) is 6.10 Å². The molecule has 2 aromatic carbocycles. The van der Waals surface area contributed by atoms with Gasteiger partial charge in [0.1, 0.15) is 36.4 Å². The fourth-order valence-electron chi connectivity index (χ4n) is 3.53. The number of nitrogens with one attached hydrogen (secondary N) is 1. The lowest BCUT2D eigenvalue weighted by atomic mass is 10.0. The topological polar surface area (TPSA) is 87.6 Å². The van der Waals surface area contributed by atoms with Crippen LogP contribution in [-0.2, 0) is 9.47 Å². The zero-order chi connectivity index (χ0) is 21.9. The Hall–Kier alpha value is -3.01. The first-order valence-electron chi connectivity index (χ1n) is 10.5. The lowest BCUT2D eigenvalue weighted by Crippen LogP contribution is -2.39. The van der Waals surface area contributed by atoms with Gasteiger partial charge in [-0.1, -0.05) is 0 Å². The van der Waals surface area contributed by atoms with E-state index in [0.717, 1.165) is 26.8 Å². The van der Waals surface area contributed by atoms with Crippen LogP contribution < -0.4 is 14.8 Å². The lowest BCUT2D eigenvalue weighted by molar-refractivity contribution is -0.0774. The van der Waals surface area contributed by atoms with Crippen LogP contribution in [0.4, 0.5) is 11.5 Å². The molecule has 0 radical (unpaired) electrons. The number of hydrogen-bond donors (Lipinski definition) is 1. The number of ether oxygens (including phenoxy) is 4. The highest BCUT2D eigenvalue weighted by atomic mass is 32.1. The van der Waals surface area contributed by atoms with Crippen LogP contribution in [0.1, 0.15) is 6.92 Å². The first-order valence-corrected chi connectivity index (χ1v) is 11.3. The Bertz CT molecular complexity index is 1230. The third kappa shape index (κ3) is 4.32. The molecule has 32 heavy (non-hydrogen) atoms. The molecule has 3 heterocycles. The number of thiazole rings is 1. The molecule has 0 unspecified atom stereocenters. The molecule has 166 valence electrons. The van der Waals surface area contributed by atoms with Crippen LogP contribution in [0.3, 0.4) is 0 Å². The van der Waals surface area contributed by atoms with E-state index in [0.29, 0.717) is 49.7 Å². The highest BCUT2D eigenvalue weighted by Gasteiger charge is 2.27. The van der Waals surface area contributed by atoms with Gasteiger partial charge in [-0.15, -0.1) is 11.3 Å². The number of nitrogens with zero attached hydrogens (tertiary/aromatic N) is 3. The Balaban J connectivity index is 1.52. The van der Waals surface area contributed by atoms with E-state index < -0.39 is 0 Å². The summed E-state index contributed by atoms with van der Waals surface area (Å²) < 4.78 is 23.8. The number of methoxy groups -OCH3 is 1. The summed E-state index contributed by atoms with van der Waals surface area (Å²) in [6.07, 6.45) is 1.53. The molecule has 1 aliphatic heterocycles. The molecule has 1 aliphatic rings. The molecule has 9 heteroatoms. The Morgan fingerprint density at radius 3 is 2.84 bits per heavy atom. The standard InChI is InChI=1S/C23H24N4O4S/c1-14(15-10-29-11-15)31-20-9-17(30-6-5-28-2)8-19-22(20)23(25-12-24-19)27-16-3-4-18-21(7-16)32-13-26-18/h3-4,7-9,12-15H,5-6,10-11H2,1-2H3,(H,24,25,27)/t14-/m1/s1. The van der Waals surface area contributed by atoms with Crippen LogP contribution in [0.15, 0.2) is 42.2 Å². The summed E-state index contributed by atoms with van der Waals surface area (Å²) in [6, 6.07) is 9.85. The molecule has 0 amide bonds. The molecule has 0 aliphatic carbocycles. The fraction of sp³-hybridized carbons (Fsp3) is 0.348. The first kappa shape index (κ1) is 20.9. The van der Waals surface area contributed by atoms with Crippen molar-refractivity contribution in [2.24, 2.45) is 5.92 Å². The van der Waals surface area contributed by atoms with Crippen LogP contribution in [0.25, 0.3) is 21.1 Å². The van der Waals surface area contributed by atoms with Crippen LogP contribution in [0.5, 0.6) is 11.5 Å². The van der Waals surface area contributed by atoms with E-state index in [1.54, 1.807) is 24.8 Å². The van der Waals surface area contributed by atoms with Crippen molar-refractivity contribution in [1.82, 2.24) is 15.0 Å². The molecular formula is C23H24N4O4S. The van der Waals surface area contributed by atoms with E-state index in [1.165, 1.54) is 0 Å². The van der Waals surface area contributed by atoms with Gasteiger partial charge < -0.3 is 24.3 Å². The summed E-state index contributed by atoms with van der Waals surface area (Å²) in [5.41, 5.74) is 4.49. The van der Waals surface area contributed by atoms with Crippen LogP contribution in [-0.4, -0.2) is 54.6 Å². The maximum Gasteiger partial charge on any atom is 0.145 e. The van der Waals surface area contributed by atoms with Gasteiger partial charge in [0.25, 0.3) is 0 Å². The normalized spacial score (nSPS) is 14.9. The minimum atomic E-state index is -0.0113. The van der Waals surface area contributed by atoms with Crippen molar-refractivity contribution in [1.29, 1.82) is 0 Å². The van der Waals surface area contributed by atoms with E-state index in [1.807, 2.05) is 29.8 Å². The number of rotatable bonds is 9. The van der Waals surface area contributed by atoms with Gasteiger partial charge in [-0.3, -0.25) is 0 Å². The molecule has 1 fully saturated rings. The van der Waals surface area contributed by atoms with Gasteiger partial charge in [0, 0.05) is 30.8 Å². The Morgan fingerprint density at radius 1 is 1.12 bits per heavy atom. The van der Waals surface area contributed by atoms with E-state index >= 15 is 0 Å². The maximum atomic E-state index is 6.40. The average Bonchev–Trinajstić information content (AvgIpc) is 3.20. The summed E-state index contributed by atoms with van der Waals surface area (Å²) in [5.74, 6) is 2.39. The molecule has 0 bridgehead atoms. The quantitative estimate of drug-likeness (QED) is 0.374. The molecule has 0 saturated carbocycles. The predicted molar refractivity (Wildman–Crippen MR) is 124 cm³/mol. The van der Waals surface area contributed by atoms with Gasteiger partial charge >= 0.3 is 0 Å². The summed E-state index contributed by atoms with van der Waals surface area (Å²) in [7, 11) is 1.65. The van der Waals surface area contributed by atoms with Gasteiger partial charge in [-0.05, 0) is 25.1 Å². The van der Waals surface area contributed by atoms with Crippen LogP contribution in [0, 0.1) is 5.92 Å². The molecular weight excluding hydrogens is 428 g/mol. The largest absolute Gasteiger partial charge is 0.491 e. The molecule has 4 aromatic rings. The van der Waals surface area contributed by atoms with Crippen LogP contribution >= 0.6 is 11.3 Å². The number of fused-ring (bicyclic) bond motifs is 2. The van der Waals surface area contributed by atoms with E-state index in [4.69, 9.17) is 18.9 Å². The Kier molecular flexibility index (Phi) is 6.02. The SMILES string of the molecule is COCCOc1cc(O[C@H](C)C2COC2)c2c(Nc3ccc4ncsc4c3)ncnc2c1. The second-order valence-electron chi connectivity index (χ2n) is 7.66. The second kappa shape index (κ2) is 9.23. The molecule has 5 rings (SSSR count). The molecule has 8 nitrogen and oxygen atoms in total. The molecule has 0 spiro atoms. The van der Waals surface area contributed by atoms with Gasteiger partial charge in [0.2, 0.25) is 0 Å². The van der Waals surface area contributed by atoms with Crippen molar-refractivity contribution in [3.8, 4) is 11.5 Å². The first-order chi connectivity index (χ1) is 15.7. The average molecular weight is 453 g/mol. The second-order valence-corrected chi connectivity index (χ2v) is 8.55. The summed E-state index contributed by atoms with van der Waals surface area (Å²) >= 11 is 1.60. The van der Waals surface area contributed by atoms with Crippen LogP contribution in [0.2, 0.25) is 0 Å². The lowest BCUT2D eigenvalue weighted by Gasteiger charge is -2.32. The molecule has 1 atom stereocenters. The van der Waals surface area contributed by atoms with Crippen molar-refractivity contribution in [2.45, 2.75) is 13.0 Å². The van der Waals surface area contributed by atoms with Crippen molar-refractivity contribution in [3.05, 3.63) is 42.2 Å². The number of benzene rings is 2. The smallest absolute Gasteiger partial charge is 0.145 e. The third-order valence-electron chi connectivity index (χ3n) is 5.47. The van der Waals surface area contributed by atoms with Crippen molar-refractivity contribution in [2.75, 3.05) is 38.9 Å². The zero-order valence-electron chi connectivity index (χ0n) is 17.9. The molecule has 2 aromatic heterocycles. The van der Waals surface area contributed by atoms with E-state index in [9.17, 15) is 0 Å². The highest BCUT2D eigenvalue weighted by Crippen LogP contribution is 2.37. The molecule has 1 N–H and O–H groups in total. The van der Waals surface area contributed by atoms with Crippen molar-refractivity contribution in [3.63, 3.8) is 0 Å². The Labute approximate surface area is 189 Å². The zero-order valence-corrected chi connectivity index (χ0v) is 18.7. The minimum Gasteiger partial charge on any atom is -0.491 e. The predicted octanol–water partition coefficient (Wildman–Crippen LogP) is 4.42. The fourth-order valence-corrected chi connectivity index (χ4v) is 4.25. The third-order valence-corrected chi connectivity index (χ3v) is 6.26. The Morgan fingerprint density at radius 2 is 2.03 bits per heavy atom. The minimum absolute atomic E-state index is 0.0113. The van der Waals surface area contributed by atoms with Gasteiger partial charge in [0.15, 0.2) is 0 Å². The van der Waals surface area contributed by atoms with E-state index in [2.05, 4.69) is 33.3 Å².